The molecular formula is C32H50N2O14. The Bertz CT molecular complexity index is 1100. The Morgan fingerprint density at radius 3 is 1.40 bits per heavy atom. The van der Waals surface area contributed by atoms with Crippen molar-refractivity contribution < 1.29 is 67.3 Å². The first-order valence-electron chi connectivity index (χ1n) is 15.4. The van der Waals surface area contributed by atoms with Crippen molar-refractivity contribution in [1.82, 2.24) is 9.80 Å². The average Bonchev–Trinajstić information content (AvgIpc) is 2.99. The Labute approximate surface area is 281 Å². The van der Waals surface area contributed by atoms with Gasteiger partial charge in [0.2, 0.25) is 0 Å². The van der Waals surface area contributed by atoms with Crippen LogP contribution < -0.4 is 0 Å². The van der Waals surface area contributed by atoms with Gasteiger partial charge in [-0.1, -0.05) is 30.3 Å². The zero-order chi connectivity index (χ0) is 36.4. The van der Waals surface area contributed by atoms with Crippen LogP contribution in [0, 0.1) is 5.41 Å². The van der Waals surface area contributed by atoms with E-state index in [0.29, 0.717) is 5.56 Å². The summed E-state index contributed by atoms with van der Waals surface area (Å²) in [5.74, 6) is -0.856. The van der Waals surface area contributed by atoms with E-state index in [2.05, 4.69) is 0 Å². The van der Waals surface area contributed by atoms with Crippen LogP contribution in [0.4, 0.5) is 19.2 Å². The summed E-state index contributed by atoms with van der Waals surface area (Å²) < 4.78 is 36.3. The van der Waals surface area contributed by atoms with Crippen LogP contribution in [0.2, 0.25) is 0 Å². The van der Waals surface area contributed by atoms with Gasteiger partial charge in [0, 0.05) is 13.1 Å². The molecule has 16 heteroatoms. The van der Waals surface area contributed by atoms with Gasteiger partial charge >= 0.3 is 30.5 Å². The lowest BCUT2D eigenvalue weighted by Crippen LogP contribution is -2.42. The SMILES string of the molecule is CC(C)(C)OC(=O)N(CCO)CCOC(=O)OCC(C)(COC(=O)OCCN(CCO)C(=O)OC(C)(C)C)C(=O)OCc1ccccc1. The molecule has 0 spiro atoms. The number of carbonyl (C=O) groups is 5. The van der Waals surface area contributed by atoms with E-state index in [1.54, 1.807) is 71.9 Å². The molecule has 1 aromatic carbocycles. The number of benzene rings is 1. The molecule has 0 saturated heterocycles. The van der Waals surface area contributed by atoms with Crippen molar-refractivity contribution in [3.63, 3.8) is 0 Å². The Morgan fingerprint density at radius 2 is 1.02 bits per heavy atom. The molecule has 0 aliphatic carbocycles. The van der Waals surface area contributed by atoms with Crippen molar-refractivity contribution in [2.24, 2.45) is 5.41 Å². The third-order valence-electron chi connectivity index (χ3n) is 5.93. The minimum atomic E-state index is -1.70. The maximum absolute atomic E-state index is 13.1. The number of aliphatic hydroxyl groups excluding tert-OH is 2. The van der Waals surface area contributed by atoms with Gasteiger partial charge in [-0.3, -0.25) is 4.79 Å². The number of rotatable bonds is 17. The van der Waals surface area contributed by atoms with Crippen LogP contribution in [0.5, 0.6) is 0 Å². The first-order valence-corrected chi connectivity index (χ1v) is 15.4. The molecule has 0 bridgehead atoms. The van der Waals surface area contributed by atoms with Gasteiger partial charge in [0.15, 0.2) is 0 Å². The van der Waals surface area contributed by atoms with E-state index < -0.39 is 60.3 Å². The Balaban J connectivity index is 2.80. The van der Waals surface area contributed by atoms with Gasteiger partial charge in [0.1, 0.15) is 49.7 Å². The summed E-state index contributed by atoms with van der Waals surface area (Å²) in [6.45, 7) is 8.41. The number of hydrogen-bond donors (Lipinski definition) is 2. The van der Waals surface area contributed by atoms with Crippen molar-refractivity contribution in [2.45, 2.75) is 66.3 Å². The molecule has 1 rings (SSSR count). The molecule has 0 aliphatic rings. The standard InChI is InChI=1S/C32H50N2O14/c1-30(2,3)47-26(38)33(13-17-35)15-19-42-28(40)45-22-32(7,25(37)44-21-24-11-9-8-10-12-24)23-46-29(41)43-20-16-34(14-18-36)27(39)48-31(4,5)6/h8-12,35-36H,13-23H2,1-7H3. The minimum Gasteiger partial charge on any atom is -0.460 e. The van der Waals surface area contributed by atoms with Crippen LogP contribution in [0.3, 0.4) is 0 Å². The van der Waals surface area contributed by atoms with E-state index in [1.165, 1.54) is 6.92 Å². The molecular weight excluding hydrogens is 636 g/mol. The quantitative estimate of drug-likeness (QED) is 0.178. The fraction of sp³-hybridized carbons (Fsp3) is 0.656. The molecule has 48 heavy (non-hydrogen) atoms. The average molecular weight is 687 g/mol. The summed E-state index contributed by atoms with van der Waals surface area (Å²) in [6, 6.07) is 8.79. The summed E-state index contributed by atoms with van der Waals surface area (Å²) in [6.07, 6.45) is -3.78. The number of hydrogen-bond acceptors (Lipinski definition) is 14. The van der Waals surface area contributed by atoms with Crippen LogP contribution in [-0.2, 0) is 44.6 Å². The molecule has 1 aromatic rings. The molecule has 2 amide bonds. The Hall–Kier alpha value is -4.31. The number of nitrogens with zero attached hydrogens (tertiary/aromatic N) is 2. The Kier molecular flexibility index (Phi) is 17.5. The lowest BCUT2D eigenvalue weighted by molar-refractivity contribution is -0.162. The van der Waals surface area contributed by atoms with Gasteiger partial charge in [-0.2, -0.15) is 0 Å². The predicted octanol–water partition coefficient (Wildman–Crippen LogP) is 3.50. The Morgan fingerprint density at radius 1 is 0.604 bits per heavy atom. The lowest BCUT2D eigenvalue weighted by atomic mass is 9.93. The molecule has 0 atom stereocenters. The van der Waals surface area contributed by atoms with Gasteiger partial charge in [-0.15, -0.1) is 0 Å². The van der Waals surface area contributed by atoms with Gasteiger partial charge in [0.05, 0.1) is 26.3 Å². The van der Waals surface area contributed by atoms with E-state index >= 15 is 0 Å². The summed E-state index contributed by atoms with van der Waals surface area (Å²) in [7, 11) is 0. The molecule has 0 heterocycles. The maximum atomic E-state index is 13.1. The highest BCUT2D eigenvalue weighted by molar-refractivity contribution is 5.77. The maximum Gasteiger partial charge on any atom is 0.508 e. The van der Waals surface area contributed by atoms with Crippen molar-refractivity contribution >= 4 is 30.5 Å². The first-order chi connectivity index (χ1) is 22.4. The van der Waals surface area contributed by atoms with Crippen LogP contribution in [0.15, 0.2) is 30.3 Å². The second kappa shape index (κ2) is 20.1. The minimum absolute atomic E-state index is 0.0629. The third-order valence-corrected chi connectivity index (χ3v) is 5.93. The molecule has 0 aliphatic heterocycles. The van der Waals surface area contributed by atoms with E-state index in [0.717, 1.165) is 9.80 Å². The number of esters is 1. The zero-order valence-corrected chi connectivity index (χ0v) is 28.9. The topological polar surface area (TPSA) is 197 Å². The number of carbonyl (C=O) groups excluding carboxylic acids is 5. The molecule has 0 saturated carbocycles. The van der Waals surface area contributed by atoms with Crippen molar-refractivity contribution in [1.29, 1.82) is 0 Å². The molecule has 272 valence electrons. The highest BCUT2D eigenvalue weighted by Crippen LogP contribution is 2.22. The highest BCUT2D eigenvalue weighted by Gasteiger charge is 2.39. The van der Waals surface area contributed by atoms with Crippen LogP contribution in [0.1, 0.15) is 54.0 Å². The van der Waals surface area contributed by atoms with E-state index in [1.807, 2.05) is 0 Å². The highest BCUT2D eigenvalue weighted by atomic mass is 16.7. The van der Waals surface area contributed by atoms with E-state index in [4.69, 9.17) is 33.2 Å². The smallest absolute Gasteiger partial charge is 0.460 e. The largest absolute Gasteiger partial charge is 0.508 e. The number of ether oxygens (including phenoxy) is 7. The summed E-state index contributed by atoms with van der Waals surface area (Å²) in [5.41, 5.74) is -2.58. The van der Waals surface area contributed by atoms with Crippen molar-refractivity contribution in [3.8, 4) is 0 Å². The lowest BCUT2D eigenvalue weighted by Gasteiger charge is -2.27. The normalized spacial score (nSPS) is 11.5. The molecule has 0 aromatic heterocycles. The fourth-order valence-corrected chi connectivity index (χ4v) is 3.54. The van der Waals surface area contributed by atoms with Gasteiger partial charge in [-0.05, 0) is 54.0 Å². The second-order valence-corrected chi connectivity index (χ2v) is 12.8. The van der Waals surface area contributed by atoms with Crippen LogP contribution >= 0.6 is 0 Å². The molecule has 0 unspecified atom stereocenters. The molecule has 2 N–H and O–H groups in total. The van der Waals surface area contributed by atoms with Crippen LogP contribution in [-0.4, -0.2) is 128 Å². The molecule has 0 radical (unpaired) electrons. The molecule has 16 nitrogen and oxygen atoms in total. The predicted molar refractivity (Wildman–Crippen MR) is 169 cm³/mol. The molecule has 0 fully saturated rings. The van der Waals surface area contributed by atoms with Gasteiger partial charge < -0.3 is 53.2 Å². The van der Waals surface area contributed by atoms with Crippen LogP contribution in [0.25, 0.3) is 0 Å². The fourth-order valence-electron chi connectivity index (χ4n) is 3.54. The summed E-state index contributed by atoms with van der Waals surface area (Å²) in [5, 5.41) is 18.6. The number of amides is 2. The van der Waals surface area contributed by atoms with E-state index in [9.17, 15) is 34.2 Å². The monoisotopic (exact) mass is 686 g/mol. The first kappa shape index (κ1) is 41.7. The van der Waals surface area contributed by atoms with Gasteiger partial charge in [0.25, 0.3) is 0 Å². The number of aliphatic hydroxyl groups is 2. The van der Waals surface area contributed by atoms with Gasteiger partial charge in [-0.25, -0.2) is 19.2 Å². The third kappa shape index (κ3) is 17.6. The van der Waals surface area contributed by atoms with E-state index in [-0.39, 0.29) is 59.2 Å². The van der Waals surface area contributed by atoms with Crippen molar-refractivity contribution in [3.05, 3.63) is 35.9 Å². The zero-order valence-electron chi connectivity index (χ0n) is 28.9. The second-order valence-electron chi connectivity index (χ2n) is 12.8. The summed E-state index contributed by atoms with van der Waals surface area (Å²) >= 11 is 0. The van der Waals surface area contributed by atoms with Crippen molar-refractivity contribution in [2.75, 3.05) is 65.8 Å². The summed E-state index contributed by atoms with van der Waals surface area (Å²) in [4.78, 5) is 64.9.